The molecule has 1 heterocycles. The molecule has 0 aromatic heterocycles. The number of esters is 1. The molecule has 5 nitrogen and oxygen atoms in total. The number of hydrogen-bond acceptors (Lipinski definition) is 4. The van der Waals surface area contributed by atoms with Crippen LogP contribution in [0.25, 0.3) is 0 Å². The summed E-state index contributed by atoms with van der Waals surface area (Å²) in [7, 11) is -3.59. The topological polar surface area (TPSA) is 63.7 Å². The van der Waals surface area contributed by atoms with Gasteiger partial charge in [0.15, 0.2) is 5.75 Å². The van der Waals surface area contributed by atoms with Crippen LogP contribution in [0.2, 0.25) is 10.0 Å². The number of carbonyl (C=O) groups excluding carboxylic acids is 1. The number of aryl methyl sites for hydroxylation is 2. The van der Waals surface area contributed by atoms with E-state index in [0.717, 1.165) is 11.1 Å². The van der Waals surface area contributed by atoms with E-state index in [0.29, 0.717) is 22.8 Å². The first-order chi connectivity index (χ1) is 13.2. The van der Waals surface area contributed by atoms with Crippen molar-refractivity contribution in [2.24, 2.45) is 5.92 Å². The monoisotopic (exact) mass is 441 g/mol. The Bertz CT molecular complexity index is 999. The molecule has 0 spiro atoms. The molecule has 3 rings (SSSR count). The molecular formula is C20H21Cl2NO4S. The number of piperidine rings is 1. The van der Waals surface area contributed by atoms with E-state index in [4.69, 9.17) is 27.9 Å². The standard InChI is InChI=1S/C20H21Cl2NO4S/c1-13-6-7-18(14(2)12-13)28(25,26)23-10-8-15(9-11-23)20(24)27-17-5-3-4-16(21)19(17)22/h3-7,12,15H,8-11H2,1-2H3. The van der Waals surface area contributed by atoms with Crippen molar-refractivity contribution in [2.45, 2.75) is 31.6 Å². The fourth-order valence-corrected chi connectivity index (χ4v) is 5.32. The molecule has 28 heavy (non-hydrogen) atoms. The van der Waals surface area contributed by atoms with Crippen molar-refractivity contribution in [2.75, 3.05) is 13.1 Å². The normalized spacial score (nSPS) is 16.1. The van der Waals surface area contributed by atoms with Gasteiger partial charge in [0.25, 0.3) is 0 Å². The Balaban J connectivity index is 1.67. The summed E-state index contributed by atoms with van der Waals surface area (Å²) in [6.07, 6.45) is 0.780. The Hall–Kier alpha value is -1.60. The van der Waals surface area contributed by atoms with Gasteiger partial charge in [0, 0.05) is 13.1 Å². The Labute approximate surface area is 175 Å². The predicted octanol–water partition coefficient (Wildman–Crippen LogP) is 4.62. The molecule has 150 valence electrons. The van der Waals surface area contributed by atoms with Gasteiger partial charge in [0.1, 0.15) is 5.02 Å². The van der Waals surface area contributed by atoms with Crippen LogP contribution in [-0.2, 0) is 14.8 Å². The lowest BCUT2D eigenvalue weighted by molar-refractivity contribution is -0.140. The smallest absolute Gasteiger partial charge is 0.314 e. The van der Waals surface area contributed by atoms with Crippen LogP contribution in [-0.4, -0.2) is 31.8 Å². The largest absolute Gasteiger partial charge is 0.425 e. The van der Waals surface area contributed by atoms with Gasteiger partial charge in [-0.25, -0.2) is 8.42 Å². The molecule has 0 radical (unpaired) electrons. The SMILES string of the molecule is Cc1ccc(S(=O)(=O)N2CCC(C(=O)Oc3cccc(Cl)c3Cl)CC2)c(C)c1. The lowest BCUT2D eigenvalue weighted by Gasteiger charge is -2.30. The van der Waals surface area contributed by atoms with Crippen molar-refractivity contribution >= 4 is 39.2 Å². The molecule has 0 unspecified atom stereocenters. The fourth-order valence-electron chi connectivity index (χ4n) is 3.31. The maximum atomic E-state index is 12.9. The first-order valence-corrected chi connectivity index (χ1v) is 11.1. The number of halogens is 2. The first-order valence-electron chi connectivity index (χ1n) is 8.93. The van der Waals surface area contributed by atoms with Gasteiger partial charge in [0.05, 0.1) is 15.8 Å². The minimum absolute atomic E-state index is 0.187. The van der Waals surface area contributed by atoms with E-state index in [1.165, 1.54) is 4.31 Å². The highest BCUT2D eigenvalue weighted by molar-refractivity contribution is 7.89. The number of ether oxygens (including phenoxy) is 1. The number of hydrogen-bond donors (Lipinski definition) is 0. The zero-order chi connectivity index (χ0) is 20.5. The van der Waals surface area contributed by atoms with Crippen LogP contribution in [0.1, 0.15) is 24.0 Å². The van der Waals surface area contributed by atoms with Crippen molar-refractivity contribution < 1.29 is 17.9 Å². The highest BCUT2D eigenvalue weighted by Crippen LogP contribution is 2.33. The quantitative estimate of drug-likeness (QED) is 0.512. The first kappa shape index (κ1) is 21.1. The van der Waals surface area contributed by atoms with Crippen LogP contribution < -0.4 is 4.74 Å². The number of benzene rings is 2. The Kier molecular flexibility index (Phi) is 6.34. The second-order valence-electron chi connectivity index (χ2n) is 6.92. The van der Waals surface area contributed by atoms with Crippen molar-refractivity contribution in [3.05, 3.63) is 57.6 Å². The summed E-state index contributed by atoms with van der Waals surface area (Å²) in [5.74, 6) is -0.599. The van der Waals surface area contributed by atoms with E-state index in [-0.39, 0.29) is 29.8 Å². The van der Waals surface area contributed by atoms with Gasteiger partial charge in [-0.2, -0.15) is 4.31 Å². The van der Waals surface area contributed by atoms with Crippen LogP contribution >= 0.6 is 23.2 Å². The minimum atomic E-state index is -3.59. The summed E-state index contributed by atoms with van der Waals surface area (Å²) in [6, 6.07) is 10.1. The lowest BCUT2D eigenvalue weighted by atomic mass is 9.98. The molecule has 0 N–H and O–H groups in total. The summed E-state index contributed by atoms with van der Waals surface area (Å²) >= 11 is 12.0. The maximum Gasteiger partial charge on any atom is 0.314 e. The van der Waals surface area contributed by atoms with Crippen LogP contribution in [0.4, 0.5) is 0 Å². The highest BCUT2D eigenvalue weighted by atomic mass is 35.5. The number of nitrogens with zero attached hydrogens (tertiary/aromatic N) is 1. The summed E-state index contributed by atoms with van der Waals surface area (Å²) in [6.45, 7) is 4.24. The van der Waals surface area contributed by atoms with Crippen LogP contribution in [0.3, 0.4) is 0 Å². The van der Waals surface area contributed by atoms with Crippen LogP contribution in [0.15, 0.2) is 41.3 Å². The molecule has 1 fully saturated rings. The second kappa shape index (κ2) is 8.41. The van der Waals surface area contributed by atoms with Gasteiger partial charge in [0.2, 0.25) is 10.0 Å². The number of sulfonamides is 1. The Morgan fingerprint density at radius 2 is 1.79 bits per heavy atom. The van der Waals surface area contributed by atoms with Crippen molar-refractivity contribution in [1.29, 1.82) is 0 Å². The Morgan fingerprint density at radius 1 is 1.11 bits per heavy atom. The van der Waals surface area contributed by atoms with Crippen molar-refractivity contribution in [1.82, 2.24) is 4.31 Å². The highest BCUT2D eigenvalue weighted by Gasteiger charge is 2.33. The molecular weight excluding hydrogens is 421 g/mol. The van der Waals surface area contributed by atoms with Gasteiger partial charge in [-0.1, -0.05) is 47.0 Å². The van der Waals surface area contributed by atoms with Gasteiger partial charge < -0.3 is 4.74 Å². The maximum absolute atomic E-state index is 12.9. The summed E-state index contributed by atoms with van der Waals surface area (Å²) < 4.78 is 32.7. The van der Waals surface area contributed by atoms with Crippen LogP contribution in [0.5, 0.6) is 5.75 Å². The number of carbonyl (C=O) groups is 1. The summed E-state index contributed by atoms with van der Waals surface area (Å²) in [5, 5.41) is 0.494. The Morgan fingerprint density at radius 3 is 2.43 bits per heavy atom. The van der Waals surface area contributed by atoms with E-state index in [9.17, 15) is 13.2 Å². The molecule has 0 amide bonds. The van der Waals surface area contributed by atoms with E-state index >= 15 is 0 Å². The third-order valence-corrected chi connectivity index (χ3v) is 7.72. The summed E-state index contributed by atoms with van der Waals surface area (Å²) in [5.41, 5.74) is 1.73. The van der Waals surface area contributed by atoms with E-state index in [1.54, 1.807) is 37.3 Å². The zero-order valence-corrected chi connectivity index (χ0v) is 17.9. The third kappa shape index (κ3) is 4.35. The van der Waals surface area contributed by atoms with Gasteiger partial charge >= 0.3 is 5.97 Å². The molecule has 1 saturated heterocycles. The molecule has 0 aliphatic carbocycles. The van der Waals surface area contributed by atoms with Crippen molar-refractivity contribution in [3.8, 4) is 5.75 Å². The van der Waals surface area contributed by atoms with Crippen molar-refractivity contribution in [3.63, 3.8) is 0 Å². The van der Waals surface area contributed by atoms with Gasteiger partial charge in [-0.3, -0.25) is 4.79 Å². The third-order valence-electron chi connectivity index (χ3n) is 4.86. The summed E-state index contributed by atoms with van der Waals surface area (Å²) in [4.78, 5) is 12.8. The average Bonchev–Trinajstić information content (AvgIpc) is 2.65. The zero-order valence-electron chi connectivity index (χ0n) is 15.6. The minimum Gasteiger partial charge on any atom is -0.425 e. The lowest BCUT2D eigenvalue weighted by Crippen LogP contribution is -2.41. The van der Waals surface area contributed by atoms with E-state index < -0.39 is 16.0 Å². The number of rotatable bonds is 4. The molecule has 0 atom stereocenters. The molecule has 8 heteroatoms. The van der Waals surface area contributed by atoms with E-state index in [2.05, 4.69) is 0 Å². The van der Waals surface area contributed by atoms with Crippen LogP contribution in [0, 0.1) is 19.8 Å². The molecule has 1 aliphatic rings. The molecule has 2 aromatic rings. The molecule has 0 bridgehead atoms. The fraction of sp³-hybridized carbons (Fsp3) is 0.350. The average molecular weight is 442 g/mol. The predicted molar refractivity (Wildman–Crippen MR) is 109 cm³/mol. The van der Waals surface area contributed by atoms with Gasteiger partial charge in [-0.05, 0) is 50.5 Å². The van der Waals surface area contributed by atoms with Gasteiger partial charge in [-0.15, -0.1) is 0 Å². The molecule has 0 saturated carbocycles. The second-order valence-corrected chi connectivity index (χ2v) is 9.61. The molecule has 1 aliphatic heterocycles. The van der Waals surface area contributed by atoms with E-state index in [1.807, 2.05) is 13.0 Å². The molecule has 2 aromatic carbocycles.